The maximum Gasteiger partial charge on any atom is 0.252 e. The zero-order valence-corrected chi connectivity index (χ0v) is 11.1. The molecule has 1 aromatic carbocycles. The van der Waals surface area contributed by atoms with Crippen LogP contribution in [0.25, 0.3) is 0 Å². The van der Waals surface area contributed by atoms with E-state index < -0.39 is 11.9 Å². The summed E-state index contributed by atoms with van der Waals surface area (Å²) in [6, 6.07) is 4.32. The summed E-state index contributed by atoms with van der Waals surface area (Å²) < 4.78 is 4.93. The molecule has 2 N–H and O–H groups in total. The predicted molar refractivity (Wildman–Crippen MR) is 69.3 cm³/mol. The number of amides is 1. The first-order valence-corrected chi connectivity index (χ1v) is 6.21. The minimum Gasteiger partial charge on any atom is -0.503 e. The van der Waals surface area contributed by atoms with E-state index in [1.54, 1.807) is 0 Å². The zero-order chi connectivity index (χ0) is 14.0. The molecule has 1 saturated carbocycles. The van der Waals surface area contributed by atoms with Gasteiger partial charge in [0.2, 0.25) is 0 Å². The summed E-state index contributed by atoms with van der Waals surface area (Å²) >= 11 is 5.81. The fourth-order valence-electron chi connectivity index (χ4n) is 1.77. The Morgan fingerprint density at radius 2 is 2.32 bits per heavy atom. The van der Waals surface area contributed by atoms with Gasteiger partial charge in [0.05, 0.1) is 18.2 Å². The number of halogens is 1. The van der Waals surface area contributed by atoms with Crippen molar-refractivity contribution in [2.75, 3.05) is 7.11 Å². The molecule has 0 radical (unpaired) electrons. The topological polar surface area (TPSA) is 82.3 Å². The summed E-state index contributed by atoms with van der Waals surface area (Å²) in [5, 5.41) is 21.2. The van der Waals surface area contributed by atoms with Gasteiger partial charge in [0, 0.05) is 5.56 Å². The maximum absolute atomic E-state index is 12.0. The van der Waals surface area contributed by atoms with Gasteiger partial charge in [-0.1, -0.05) is 11.6 Å². The van der Waals surface area contributed by atoms with Gasteiger partial charge < -0.3 is 15.2 Å². The van der Waals surface area contributed by atoms with Crippen molar-refractivity contribution in [1.82, 2.24) is 5.32 Å². The molecule has 5 nitrogen and oxygen atoms in total. The molecule has 0 bridgehead atoms. The fraction of sp³-hybridized carbons (Fsp3) is 0.385. The van der Waals surface area contributed by atoms with E-state index in [9.17, 15) is 9.90 Å². The van der Waals surface area contributed by atoms with Crippen molar-refractivity contribution in [3.8, 4) is 17.6 Å². The number of rotatable bonds is 4. The number of methoxy groups -OCH3 is 1. The third-order valence-corrected chi connectivity index (χ3v) is 3.32. The molecule has 19 heavy (non-hydrogen) atoms. The second kappa shape index (κ2) is 5.37. The molecule has 100 valence electrons. The van der Waals surface area contributed by atoms with E-state index in [1.165, 1.54) is 19.2 Å². The van der Waals surface area contributed by atoms with Crippen molar-refractivity contribution in [3.05, 3.63) is 22.7 Å². The van der Waals surface area contributed by atoms with Crippen LogP contribution in [-0.2, 0) is 0 Å². The lowest BCUT2D eigenvalue weighted by Gasteiger charge is -2.12. The van der Waals surface area contributed by atoms with Crippen LogP contribution in [0.2, 0.25) is 5.02 Å². The molecule has 0 spiro atoms. The van der Waals surface area contributed by atoms with Crippen LogP contribution in [0.5, 0.6) is 11.5 Å². The van der Waals surface area contributed by atoms with E-state index in [-0.39, 0.29) is 28.0 Å². The van der Waals surface area contributed by atoms with Gasteiger partial charge in [-0.3, -0.25) is 4.79 Å². The first-order chi connectivity index (χ1) is 9.06. The zero-order valence-electron chi connectivity index (χ0n) is 10.3. The summed E-state index contributed by atoms with van der Waals surface area (Å²) in [4.78, 5) is 12.0. The molecule has 1 aromatic rings. The molecule has 0 aromatic heterocycles. The van der Waals surface area contributed by atoms with Gasteiger partial charge in [-0.05, 0) is 30.9 Å². The highest BCUT2D eigenvalue weighted by Crippen LogP contribution is 2.35. The fourth-order valence-corrected chi connectivity index (χ4v) is 1.98. The quantitative estimate of drug-likeness (QED) is 0.885. The van der Waals surface area contributed by atoms with Crippen molar-refractivity contribution in [3.63, 3.8) is 0 Å². The number of carbonyl (C=O) groups is 1. The van der Waals surface area contributed by atoms with Crippen LogP contribution >= 0.6 is 11.6 Å². The predicted octanol–water partition coefficient (Wildman–Crippen LogP) is 2.09. The first kappa shape index (κ1) is 13.5. The number of nitrogens with one attached hydrogen (secondary N) is 1. The van der Waals surface area contributed by atoms with Crippen LogP contribution in [0.1, 0.15) is 23.2 Å². The highest BCUT2D eigenvalue weighted by Gasteiger charge is 2.32. The number of hydrogen-bond acceptors (Lipinski definition) is 4. The van der Waals surface area contributed by atoms with Gasteiger partial charge >= 0.3 is 0 Å². The van der Waals surface area contributed by atoms with Crippen molar-refractivity contribution >= 4 is 17.5 Å². The van der Waals surface area contributed by atoms with E-state index in [2.05, 4.69) is 11.4 Å². The highest BCUT2D eigenvalue weighted by atomic mass is 35.5. The molecule has 1 aliphatic rings. The minimum absolute atomic E-state index is 0.0319. The van der Waals surface area contributed by atoms with Crippen LogP contribution in [0.3, 0.4) is 0 Å². The van der Waals surface area contributed by atoms with Crippen molar-refractivity contribution < 1.29 is 14.6 Å². The molecular weight excluding hydrogens is 268 g/mol. The number of carbonyl (C=O) groups excluding carboxylic acids is 1. The van der Waals surface area contributed by atoms with Crippen LogP contribution in [0.15, 0.2) is 12.1 Å². The highest BCUT2D eigenvalue weighted by molar-refractivity contribution is 6.32. The van der Waals surface area contributed by atoms with Crippen molar-refractivity contribution in [1.29, 1.82) is 5.26 Å². The molecule has 0 heterocycles. The number of nitrogens with zero attached hydrogens (tertiary/aromatic N) is 1. The Morgan fingerprint density at radius 1 is 1.63 bits per heavy atom. The molecule has 6 heteroatoms. The summed E-state index contributed by atoms with van der Waals surface area (Å²) in [5.41, 5.74) is 0.251. The summed E-state index contributed by atoms with van der Waals surface area (Å²) in [6.07, 6.45) is 1.91. The van der Waals surface area contributed by atoms with Crippen molar-refractivity contribution in [2.24, 2.45) is 5.92 Å². The average Bonchev–Trinajstić information content (AvgIpc) is 3.23. The molecule has 1 aliphatic carbocycles. The molecule has 1 fully saturated rings. The molecule has 1 atom stereocenters. The van der Waals surface area contributed by atoms with Crippen LogP contribution < -0.4 is 10.1 Å². The number of phenols is 1. The van der Waals surface area contributed by atoms with Gasteiger partial charge in [0.25, 0.3) is 5.91 Å². The Morgan fingerprint density at radius 3 is 2.84 bits per heavy atom. The smallest absolute Gasteiger partial charge is 0.252 e. The Kier molecular flexibility index (Phi) is 3.82. The number of hydrogen-bond donors (Lipinski definition) is 2. The maximum atomic E-state index is 12.0. The Balaban J connectivity index is 2.19. The monoisotopic (exact) mass is 280 g/mol. The van der Waals surface area contributed by atoms with Crippen LogP contribution in [-0.4, -0.2) is 24.2 Å². The number of ether oxygens (including phenoxy) is 1. The van der Waals surface area contributed by atoms with Gasteiger partial charge in [-0.15, -0.1) is 0 Å². The molecule has 1 amide bonds. The Bertz CT molecular complexity index is 550. The largest absolute Gasteiger partial charge is 0.503 e. The number of nitriles is 1. The molecule has 2 rings (SSSR count). The molecular formula is C13H13ClN2O3. The number of aromatic hydroxyl groups is 1. The number of phenolic OH excluding ortho intramolecular Hbond substituents is 1. The number of benzene rings is 1. The van der Waals surface area contributed by atoms with Gasteiger partial charge in [-0.25, -0.2) is 0 Å². The lowest BCUT2D eigenvalue weighted by molar-refractivity contribution is 0.0941. The lowest BCUT2D eigenvalue weighted by atomic mass is 10.1. The van der Waals surface area contributed by atoms with Crippen LogP contribution in [0.4, 0.5) is 0 Å². The van der Waals surface area contributed by atoms with E-state index in [1.807, 2.05) is 0 Å². The molecule has 0 saturated heterocycles. The standard InChI is InChI=1S/C13H13ClN2O3/c1-19-11-5-8(4-9(14)12(11)17)13(18)16-10(6-15)7-2-3-7/h4-5,7,10,17H,2-3H2,1H3,(H,16,18)/t10-/m0/s1. The Labute approximate surface area is 115 Å². The third-order valence-electron chi connectivity index (χ3n) is 3.03. The minimum atomic E-state index is -0.480. The Hall–Kier alpha value is -1.93. The van der Waals surface area contributed by atoms with Gasteiger partial charge in [0.15, 0.2) is 11.5 Å². The summed E-state index contributed by atoms with van der Waals surface area (Å²) in [7, 11) is 1.37. The third kappa shape index (κ3) is 2.91. The van der Waals surface area contributed by atoms with E-state index in [0.717, 1.165) is 12.8 Å². The average molecular weight is 281 g/mol. The second-order valence-corrected chi connectivity index (χ2v) is 4.83. The van der Waals surface area contributed by atoms with Crippen molar-refractivity contribution in [2.45, 2.75) is 18.9 Å². The summed E-state index contributed by atoms with van der Waals surface area (Å²) in [6.45, 7) is 0. The van der Waals surface area contributed by atoms with E-state index in [4.69, 9.17) is 21.6 Å². The summed E-state index contributed by atoms with van der Waals surface area (Å²) in [5.74, 6) is -0.251. The molecule has 0 unspecified atom stereocenters. The normalized spacial score (nSPS) is 15.4. The van der Waals surface area contributed by atoms with Gasteiger partial charge in [0.1, 0.15) is 6.04 Å². The van der Waals surface area contributed by atoms with E-state index in [0.29, 0.717) is 0 Å². The second-order valence-electron chi connectivity index (χ2n) is 4.43. The molecule has 0 aliphatic heterocycles. The van der Waals surface area contributed by atoms with Gasteiger partial charge in [-0.2, -0.15) is 5.26 Å². The van der Waals surface area contributed by atoms with Crippen LogP contribution in [0, 0.1) is 17.2 Å². The lowest BCUT2D eigenvalue weighted by Crippen LogP contribution is -2.35. The SMILES string of the molecule is COc1cc(C(=O)N[C@@H](C#N)C2CC2)cc(Cl)c1O. The first-order valence-electron chi connectivity index (χ1n) is 5.83. The van der Waals surface area contributed by atoms with E-state index >= 15 is 0 Å².